The van der Waals surface area contributed by atoms with Gasteiger partial charge in [0.15, 0.2) is 0 Å². The van der Waals surface area contributed by atoms with Gasteiger partial charge in [0.1, 0.15) is 0 Å². The standard InChI is InChI=1S/C18H22N2/c1-3-14-8-7-9-15(4-2)18(14)20-13-12-19-16-10-5-6-11-17(16)20/h5-11,19H,3-4,12-13H2,1-2H3. The molecule has 104 valence electrons. The molecule has 1 aliphatic heterocycles. The van der Waals surface area contributed by atoms with Crippen LogP contribution in [0.5, 0.6) is 0 Å². The van der Waals surface area contributed by atoms with Crippen LogP contribution in [0.3, 0.4) is 0 Å². The summed E-state index contributed by atoms with van der Waals surface area (Å²) in [5, 5.41) is 3.50. The van der Waals surface area contributed by atoms with Crippen molar-refractivity contribution in [1.82, 2.24) is 0 Å². The highest BCUT2D eigenvalue weighted by Gasteiger charge is 2.21. The number of nitrogens with one attached hydrogen (secondary N) is 1. The van der Waals surface area contributed by atoms with Gasteiger partial charge in [0.2, 0.25) is 0 Å². The van der Waals surface area contributed by atoms with Crippen molar-refractivity contribution in [2.45, 2.75) is 26.7 Å². The van der Waals surface area contributed by atoms with Crippen LogP contribution >= 0.6 is 0 Å². The molecule has 1 aliphatic rings. The van der Waals surface area contributed by atoms with Crippen LogP contribution < -0.4 is 10.2 Å². The van der Waals surface area contributed by atoms with E-state index in [1.54, 1.807) is 0 Å². The molecule has 0 bridgehead atoms. The summed E-state index contributed by atoms with van der Waals surface area (Å²) in [6, 6.07) is 15.3. The molecule has 2 heteroatoms. The van der Waals surface area contributed by atoms with Gasteiger partial charge in [-0.25, -0.2) is 0 Å². The molecule has 0 radical (unpaired) electrons. The second kappa shape index (κ2) is 5.58. The predicted molar refractivity (Wildman–Crippen MR) is 87.1 cm³/mol. The van der Waals surface area contributed by atoms with E-state index in [0.29, 0.717) is 0 Å². The smallest absolute Gasteiger partial charge is 0.0647 e. The minimum absolute atomic E-state index is 0.998. The molecule has 0 saturated carbocycles. The molecule has 1 heterocycles. The van der Waals surface area contributed by atoms with E-state index in [-0.39, 0.29) is 0 Å². The van der Waals surface area contributed by atoms with E-state index in [0.717, 1.165) is 25.9 Å². The Kier molecular flexibility index (Phi) is 3.64. The number of rotatable bonds is 3. The van der Waals surface area contributed by atoms with E-state index in [1.807, 2.05) is 0 Å². The summed E-state index contributed by atoms with van der Waals surface area (Å²) < 4.78 is 0. The maximum Gasteiger partial charge on any atom is 0.0647 e. The van der Waals surface area contributed by atoms with E-state index in [2.05, 4.69) is 66.5 Å². The molecule has 0 atom stereocenters. The lowest BCUT2D eigenvalue weighted by atomic mass is 10.0. The van der Waals surface area contributed by atoms with Gasteiger partial charge < -0.3 is 10.2 Å². The number of anilines is 3. The Morgan fingerprint density at radius 2 is 1.65 bits per heavy atom. The summed E-state index contributed by atoms with van der Waals surface area (Å²) in [6.07, 6.45) is 2.16. The van der Waals surface area contributed by atoms with Crippen LogP contribution in [0.2, 0.25) is 0 Å². The van der Waals surface area contributed by atoms with Gasteiger partial charge in [-0.3, -0.25) is 0 Å². The average molecular weight is 266 g/mol. The summed E-state index contributed by atoms with van der Waals surface area (Å²) in [7, 11) is 0. The highest BCUT2D eigenvalue weighted by atomic mass is 15.2. The van der Waals surface area contributed by atoms with Crippen molar-refractivity contribution in [3.05, 3.63) is 53.6 Å². The topological polar surface area (TPSA) is 15.3 Å². The van der Waals surface area contributed by atoms with Crippen LogP contribution in [0.1, 0.15) is 25.0 Å². The highest BCUT2D eigenvalue weighted by Crippen LogP contribution is 2.38. The summed E-state index contributed by atoms with van der Waals surface area (Å²) in [6.45, 7) is 6.51. The van der Waals surface area contributed by atoms with Crippen LogP contribution in [-0.4, -0.2) is 13.1 Å². The van der Waals surface area contributed by atoms with Crippen molar-refractivity contribution in [1.29, 1.82) is 0 Å². The van der Waals surface area contributed by atoms with Gasteiger partial charge in [-0.05, 0) is 36.1 Å². The van der Waals surface area contributed by atoms with Gasteiger partial charge in [0, 0.05) is 18.8 Å². The Morgan fingerprint density at radius 3 is 2.35 bits per heavy atom. The van der Waals surface area contributed by atoms with Gasteiger partial charge in [0.25, 0.3) is 0 Å². The zero-order valence-electron chi connectivity index (χ0n) is 12.3. The van der Waals surface area contributed by atoms with Gasteiger partial charge in [0.05, 0.1) is 11.4 Å². The fraction of sp³-hybridized carbons (Fsp3) is 0.333. The monoisotopic (exact) mass is 266 g/mol. The first-order valence-electron chi connectivity index (χ1n) is 7.56. The lowest BCUT2D eigenvalue weighted by Crippen LogP contribution is -2.31. The zero-order chi connectivity index (χ0) is 13.9. The summed E-state index contributed by atoms with van der Waals surface area (Å²) in [4.78, 5) is 2.49. The van der Waals surface area contributed by atoms with Crippen LogP contribution in [0, 0.1) is 0 Å². The Morgan fingerprint density at radius 1 is 0.950 bits per heavy atom. The second-order valence-corrected chi connectivity index (χ2v) is 5.23. The quantitative estimate of drug-likeness (QED) is 0.887. The van der Waals surface area contributed by atoms with Gasteiger partial charge >= 0.3 is 0 Å². The fourth-order valence-corrected chi connectivity index (χ4v) is 3.08. The van der Waals surface area contributed by atoms with Crippen molar-refractivity contribution >= 4 is 17.1 Å². The van der Waals surface area contributed by atoms with Crippen molar-refractivity contribution in [2.24, 2.45) is 0 Å². The molecular formula is C18H22N2. The van der Waals surface area contributed by atoms with E-state index in [4.69, 9.17) is 0 Å². The van der Waals surface area contributed by atoms with E-state index < -0.39 is 0 Å². The number of nitrogens with zero attached hydrogens (tertiary/aromatic N) is 1. The third kappa shape index (κ3) is 2.15. The van der Waals surface area contributed by atoms with Crippen molar-refractivity contribution < 1.29 is 0 Å². The van der Waals surface area contributed by atoms with Gasteiger partial charge in [-0.2, -0.15) is 0 Å². The number of para-hydroxylation sites is 3. The maximum atomic E-state index is 3.50. The summed E-state index contributed by atoms with van der Waals surface area (Å²) in [5.41, 5.74) is 6.86. The molecule has 0 amide bonds. The SMILES string of the molecule is CCc1cccc(CC)c1N1CCNc2ccccc21. The number of benzene rings is 2. The van der Waals surface area contributed by atoms with Crippen LogP contribution in [0.15, 0.2) is 42.5 Å². The molecule has 0 aromatic heterocycles. The Bertz CT molecular complexity index is 582. The predicted octanol–water partition coefficient (Wildman–Crippen LogP) is 4.38. The zero-order valence-corrected chi connectivity index (χ0v) is 12.3. The van der Waals surface area contributed by atoms with Crippen molar-refractivity contribution in [3.8, 4) is 0 Å². The molecule has 0 aliphatic carbocycles. The molecule has 3 rings (SSSR count). The fourth-order valence-electron chi connectivity index (χ4n) is 3.08. The Labute approximate surface area is 121 Å². The minimum Gasteiger partial charge on any atom is -0.382 e. The van der Waals surface area contributed by atoms with Crippen LogP contribution in [0.4, 0.5) is 17.1 Å². The Balaban J connectivity index is 2.15. The van der Waals surface area contributed by atoms with E-state index in [1.165, 1.54) is 28.2 Å². The number of hydrogen-bond acceptors (Lipinski definition) is 2. The first-order chi connectivity index (χ1) is 9.85. The van der Waals surface area contributed by atoms with Gasteiger partial charge in [-0.15, -0.1) is 0 Å². The van der Waals surface area contributed by atoms with Crippen LogP contribution in [0.25, 0.3) is 0 Å². The third-order valence-corrected chi connectivity index (χ3v) is 4.08. The normalized spacial score (nSPS) is 13.8. The Hall–Kier alpha value is -1.96. The van der Waals surface area contributed by atoms with E-state index in [9.17, 15) is 0 Å². The number of aryl methyl sites for hydroxylation is 2. The molecular weight excluding hydrogens is 244 g/mol. The highest BCUT2D eigenvalue weighted by molar-refractivity contribution is 5.81. The number of fused-ring (bicyclic) bond motifs is 1. The molecule has 0 saturated heterocycles. The first kappa shape index (κ1) is 13.0. The van der Waals surface area contributed by atoms with Crippen molar-refractivity contribution in [2.75, 3.05) is 23.3 Å². The molecule has 0 unspecified atom stereocenters. The lowest BCUT2D eigenvalue weighted by molar-refractivity contribution is 0.903. The minimum atomic E-state index is 0.998. The number of hydrogen-bond donors (Lipinski definition) is 1. The average Bonchev–Trinajstić information content (AvgIpc) is 2.53. The molecule has 0 fully saturated rings. The maximum absolute atomic E-state index is 3.50. The van der Waals surface area contributed by atoms with E-state index >= 15 is 0 Å². The van der Waals surface area contributed by atoms with Crippen LogP contribution in [-0.2, 0) is 12.8 Å². The molecule has 20 heavy (non-hydrogen) atoms. The summed E-state index contributed by atoms with van der Waals surface area (Å²) in [5.74, 6) is 0. The molecule has 2 aromatic carbocycles. The molecule has 2 aromatic rings. The summed E-state index contributed by atoms with van der Waals surface area (Å²) >= 11 is 0. The molecule has 0 spiro atoms. The lowest BCUT2D eigenvalue weighted by Gasteiger charge is -2.34. The van der Waals surface area contributed by atoms with Gasteiger partial charge in [-0.1, -0.05) is 44.2 Å². The first-order valence-corrected chi connectivity index (χ1v) is 7.56. The molecule has 2 nitrogen and oxygen atoms in total. The van der Waals surface area contributed by atoms with Crippen molar-refractivity contribution in [3.63, 3.8) is 0 Å². The third-order valence-electron chi connectivity index (χ3n) is 4.08. The largest absolute Gasteiger partial charge is 0.382 e. The second-order valence-electron chi connectivity index (χ2n) is 5.23. The molecule has 1 N–H and O–H groups in total.